The largest absolute Gasteiger partial charge is 0.342 e. The van der Waals surface area contributed by atoms with Gasteiger partial charge in [-0.15, -0.1) is 0 Å². The predicted octanol–water partition coefficient (Wildman–Crippen LogP) is 3.02. The van der Waals surface area contributed by atoms with Crippen molar-refractivity contribution in [2.45, 2.75) is 45.6 Å². The highest BCUT2D eigenvalue weighted by molar-refractivity contribution is 5.84. The second kappa shape index (κ2) is 8.79. The van der Waals surface area contributed by atoms with E-state index >= 15 is 0 Å². The van der Waals surface area contributed by atoms with Gasteiger partial charge in [0.2, 0.25) is 5.91 Å². The smallest absolute Gasteiger partial charge is 0.222 e. The zero-order chi connectivity index (χ0) is 18.4. The fraction of sp³-hybridized carbons (Fsp3) is 0.476. The summed E-state index contributed by atoms with van der Waals surface area (Å²) in [5, 5.41) is 0. The molecule has 0 spiro atoms. The van der Waals surface area contributed by atoms with E-state index < -0.39 is 0 Å². The van der Waals surface area contributed by atoms with Gasteiger partial charge in [0.15, 0.2) is 0 Å². The van der Waals surface area contributed by atoms with E-state index in [0.717, 1.165) is 43.7 Å². The van der Waals surface area contributed by atoms with Crippen LogP contribution in [0.3, 0.4) is 0 Å². The molecule has 1 aliphatic heterocycles. The molecule has 2 aromatic rings. The zero-order valence-electron chi connectivity index (χ0n) is 15.4. The lowest BCUT2D eigenvalue weighted by atomic mass is 9.90. The van der Waals surface area contributed by atoms with E-state index in [1.165, 1.54) is 0 Å². The van der Waals surface area contributed by atoms with Gasteiger partial charge >= 0.3 is 0 Å². The number of benzene rings is 1. The molecule has 5 nitrogen and oxygen atoms in total. The number of piperidine rings is 1. The number of rotatable bonds is 7. The number of hydrogen-bond donors (Lipinski definition) is 0. The predicted molar refractivity (Wildman–Crippen MR) is 101 cm³/mol. The number of amides is 1. The number of aromatic nitrogens is 2. The molecule has 26 heavy (non-hydrogen) atoms. The van der Waals surface area contributed by atoms with Gasteiger partial charge in [0, 0.05) is 50.8 Å². The van der Waals surface area contributed by atoms with Crippen molar-refractivity contribution in [3.05, 3.63) is 54.1 Å². The maximum absolute atomic E-state index is 12.6. The molecular formula is C21H27N3O2. The van der Waals surface area contributed by atoms with Gasteiger partial charge in [-0.25, -0.2) is 4.98 Å². The Morgan fingerprint density at radius 3 is 2.77 bits per heavy atom. The van der Waals surface area contributed by atoms with E-state index in [2.05, 4.69) is 9.55 Å². The third-order valence-electron chi connectivity index (χ3n) is 5.16. The van der Waals surface area contributed by atoms with E-state index in [0.29, 0.717) is 19.4 Å². The third-order valence-corrected chi connectivity index (χ3v) is 5.16. The number of Topliss-reactive ketones (excluding diaryl/α,β-unsaturated/α-hetero) is 1. The third kappa shape index (κ3) is 4.81. The Hall–Kier alpha value is -2.43. The molecular weight excluding hydrogens is 326 g/mol. The Labute approximate surface area is 155 Å². The first-order valence-corrected chi connectivity index (χ1v) is 9.45. The summed E-state index contributed by atoms with van der Waals surface area (Å²) in [7, 11) is 0. The summed E-state index contributed by atoms with van der Waals surface area (Å²) in [5.41, 5.74) is 1.05. The van der Waals surface area contributed by atoms with Crippen LogP contribution >= 0.6 is 0 Å². The number of ketones is 1. The Kier molecular flexibility index (Phi) is 6.21. The lowest BCUT2D eigenvalue weighted by Gasteiger charge is -2.32. The first-order valence-electron chi connectivity index (χ1n) is 9.45. The summed E-state index contributed by atoms with van der Waals surface area (Å²) >= 11 is 0. The lowest BCUT2D eigenvalue weighted by Crippen LogP contribution is -2.42. The van der Waals surface area contributed by atoms with Gasteiger partial charge in [-0.2, -0.15) is 0 Å². The molecule has 1 atom stereocenters. The molecule has 1 fully saturated rings. The quantitative estimate of drug-likeness (QED) is 0.769. The van der Waals surface area contributed by atoms with Gasteiger partial charge in [0.25, 0.3) is 0 Å². The number of carbonyl (C=O) groups excluding carboxylic acids is 2. The molecule has 2 heterocycles. The maximum atomic E-state index is 12.6. The van der Waals surface area contributed by atoms with Crippen LogP contribution in [0.25, 0.3) is 0 Å². The number of carbonyl (C=O) groups is 2. The van der Waals surface area contributed by atoms with Crippen molar-refractivity contribution in [1.82, 2.24) is 14.5 Å². The van der Waals surface area contributed by atoms with E-state index in [4.69, 9.17) is 0 Å². The van der Waals surface area contributed by atoms with Crippen LogP contribution in [0.5, 0.6) is 0 Å². The van der Waals surface area contributed by atoms with Crippen LogP contribution in [-0.4, -0.2) is 39.2 Å². The molecule has 0 saturated carbocycles. The van der Waals surface area contributed by atoms with Crippen molar-refractivity contribution in [1.29, 1.82) is 0 Å². The molecule has 0 bridgehead atoms. The van der Waals surface area contributed by atoms with Gasteiger partial charge in [-0.3, -0.25) is 9.59 Å². The highest BCUT2D eigenvalue weighted by Crippen LogP contribution is 2.20. The van der Waals surface area contributed by atoms with E-state index in [9.17, 15) is 9.59 Å². The Morgan fingerprint density at radius 1 is 1.23 bits per heavy atom. The average molecular weight is 353 g/mol. The number of imidazole rings is 1. The molecule has 1 aromatic carbocycles. The molecule has 5 heteroatoms. The summed E-state index contributed by atoms with van der Waals surface area (Å²) < 4.78 is 2.07. The van der Waals surface area contributed by atoms with Crippen molar-refractivity contribution in [3.8, 4) is 0 Å². The first kappa shape index (κ1) is 18.4. The van der Waals surface area contributed by atoms with E-state index in [-0.39, 0.29) is 17.6 Å². The maximum Gasteiger partial charge on any atom is 0.222 e. The molecule has 138 valence electrons. The van der Waals surface area contributed by atoms with Crippen LogP contribution in [0.4, 0.5) is 0 Å². The van der Waals surface area contributed by atoms with Crippen molar-refractivity contribution in [3.63, 3.8) is 0 Å². The lowest BCUT2D eigenvalue weighted by molar-refractivity contribution is -0.135. The minimum atomic E-state index is -0.0243. The Balaban J connectivity index is 1.47. The number of aryl methyl sites for hydroxylation is 2. The molecule has 0 aliphatic carbocycles. The van der Waals surface area contributed by atoms with Gasteiger partial charge in [0.05, 0.1) is 0 Å². The van der Waals surface area contributed by atoms with E-state index in [1.807, 2.05) is 48.4 Å². The van der Waals surface area contributed by atoms with Crippen molar-refractivity contribution < 1.29 is 9.59 Å². The molecule has 1 saturated heterocycles. The second-order valence-electron chi connectivity index (χ2n) is 7.08. The Bertz CT molecular complexity index is 739. The fourth-order valence-electron chi connectivity index (χ4n) is 3.61. The standard InChI is InChI=1S/C21H27N3O2/c1-17-22-11-14-23(17)12-6-10-21(26)24-13-5-9-19(16-24)20(25)15-18-7-3-2-4-8-18/h2-4,7-8,11,14,19H,5-6,9-10,12-13,15-16H2,1H3/t19-/m1/s1. The number of hydrogen-bond acceptors (Lipinski definition) is 3. The average Bonchev–Trinajstić information content (AvgIpc) is 3.07. The van der Waals surface area contributed by atoms with Crippen LogP contribution in [0, 0.1) is 12.8 Å². The molecule has 0 radical (unpaired) electrons. The zero-order valence-corrected chi connectivity index (χ0v) is 15.4. The first-order chi connectivity index (χ1) is 12.6. The molecule has 0 unspecified atom stereocenters. The Morgan fingerprint density at radius 2 is 2.04 bits per heavy atom. The summed E-state index contributed by atoms with van der Waals surface area (Å²) in [4.78, 5) is 31.2. The van der Waals surface area contributed by atoms with Crippen molar-refractivity contribution in [2.75, 3.05) is 13.1 Å². The highest BCUT2D eigenvalue weighted by atomic mass is 16.2. The monoisotopic (exact) mass is 353 g/mol. The summed E-state index contributed by atoms with van der Waals surface area (Å²) in [5.74, 6) is 1.37. The summed E-state index contributed by atoms with van der Waals surface area (Å²) in [6.45, 7) is 4.13. The highest BCUT2D eigenvalue weighted by Gasteiger charge is 2.27. The SMILES string of the molecule is Cc1nccn1CCCC(=O)N1CCC[C@@H](C(=O)Cc2ccccc2)C1. The molecule has 3 rings (SSSR count). The molecule has 0 N–H and O–H groups in total. The fourth-order valence-corrected chi connectivity index (χ4v) is 3.61. The number of nitrogens with zero attached hydrogens (tertiary/aromatic N) is 3. The molecule has 1 amide bonds. The van der Waals surface area contributed by atoms with Gasteiger partial charge in [-0.1, -0.05) is 30.3 Å². The molecule has 1 aromatic heterocycles. The minimum Gasteiger partial charge on any atom is -0.342 e. The van der Waals surface area contributed by atoms with E-state index in [1.54, 1.807) is 6.20 Å². The van der Waals surface area contributed by atoms with Gasteiger partial charge < -0.3 is 9.47 Å². The van der Waals surface area contributed by atoms with Gasteiger partial charge in [0.1, 0.15) is 11.6 Å². The van der Waals surface area contributed by atoms with Crippen LogP contribution in [0.1, 0.15) is 37.1 Å². The minimum absolute atomic E-state index is 0.0243. The second-order valence-corrected chi connectivity index (χ2v) is 7.08. The van der Waals surface area contributed by atoms with Crippen LogP contribution < -0.4 is 0 Å². The number of likely N-dealkylation sites (tertiary alicyclic amines) is 1. The van der Waals surface area contributed by atoms with Crippen LogP contribution in [0.2, 0.25) is 0 Å². The van der Waals surface area contributed by atoms with Crippen molar-refractivity contribution >= 4 is 11.7 Å². The summed E-state index contributed by atoms with van der Waals surface area (Å²) in [6.07, 6.45) is 7.32. The normalized spacial score (nSPS) is 17.3. The van der Waals surface area contributed by atoms with Crippen LogP contribution in [-0.2, 0) is 22.6 Å². The topological polar surface area (TPSA) is 55.2 Å². The van der Waals surface area contributed by atoms with Crippen LogP contribution in [0.15, 0.2) is 42.7 Å². The van der Waals surface area contributed by atoms with Gasteiger partial charge in [-0.05, 0) is 31.7 Å². The van der Waals surface area contributed by atoms with Crippen molar-refractivity contribution in [2.24, 2.45) is 5.92 Å². The molecule has 1 aliphatic rings. The summed E-state index contributed by atoms with van der Waals surface area (Å²) in [6, 6.07) is 9.85.